The predicted molar refractivity (Wildman–Crippen MR) is 163 cm³/mol. The van der Waals surface area contributed by atoms with Gasteiger partial charge >= 0.3 is 12.0 Å². The smallest absolute Gasteiger partial charge is 0.328 e. The minimum atomic E-state index is -3.87. The number of nitrogens with zero attached hydrogens (tertiary/aromatic N) is 3. The number of halogens is 2. The molecular weight excluding hydrogens is 619 g/mol. The highest BCUT2D eigenvalue weighted by atomic mass is 35.5. The molecule has 1 atom stereocenters. The molecule has 0 bridgehead atoms. The van der Waals surface area contributed by atoms with Crippen molar-refractivity contribution in [1.82, 2.24) is 19.9 Å². The number of hydrogen-bond donors (Lipinski definition) is 3. The van der Waals surface area contributed by atoms with E-state index >= 15 is 0 Å². The Hall–Kier alpha value is -3.75. The monoisotopic (exact) mass is 648 g/mol. The molecule has 12 nitrogen and oxygen atoms in total. The van der Waals surface area contributed by atoms with Gasteiger partial charge < -0.3 is 20.7 Å². The number of ether oxygens (including phenoxy) is 1. The van der Waals surface area contributed by atoms with Crippen LogP contribution in [0.4, 0.5) is 16.2 Å². The van der Waals surface area contributed by atoms with Crippen molar-refractivity contribution in [3.63, 3.8) is 0 Å². The Morgan fingerprint density at radius 2 is 1.67 bits per heavy atom. The molecule has 43 heavy (non-hydrogen) atoms. The topological polar surface area (TPSA) is 150 Å². The van der Waals surface area contributed by atoms with E-state index in [1.165, 1.54) is 43.0 Å². The molecule has 3 N–H and O–H groups in total. The summed E-state index contributed by atoms with van der Waals surface area (Å²) < 4.78 is 33.1. The van der Waals surface area contributed by atoms with Crippen LogP contribution in [0, 0.1) is 0 Å². The van der Waals surface area contributed by atoms with Crippen molar-refractivity contribution in [2.24, 2.45) is 0 Å². The number of hydrogen-bond acceptors (Lipinski definition) is 8. The van der Waals surface area contributed by atoms with E-state index in [0.717, 1.165) is 4.90 Å². The number of carbonyl (C=O) groups excluding carboxylic acids is 3. The molecule has 3 aromatic rings. The second kappa shape index (κ2) is 14.1. The summed E-state index contributed by atoms with van der Waals surface area (Å²) in [7, 11) is -1.24. The molecule has 4 rings (SSSR count). The van der Waals surface area contributed by atoms with Gasteiger partial charge in [-0.2, -0.15) is 4.31 Å². The van der Waals surface area contributed by atoms with E-state index in [0.29, 0.717) is 37.4 Å². The fraction of sp³-hybridized carbons (Fsp3) is 0.286. The summed E-state index contributed by atoms with van der Waals surface area (Å²) in [6.07, 6.45) is 2.69. The Labute approximate surface area is 259 Å². The Kier molecular flexibility index (Phi) is 10.6. The maximum Gasteiger partial charge on any atom is 0.328 e. The van der Waals surface area contributed by atoms with Gasteiger partial charge in [0.1, 0.15) is 10.9 Å². The standard InChI is InChI=1S/C28H30Cl2N6O6S/c1-35(23-5-3-4-6-24(23)43(40,41)36-13-11-31-12-14-36)28(39)34-22(27(38)42-2)15-18-7-9-19(10-8-18)33-26(37)25-20(29)16-32-17-21(25)30/h3-10,16-17,22,31H,11-15H2,1-2H3,(H,33,37)(H,34,39). The van der Waals surface area contributed by atoms with Crippen molar-refractivity contribution in [3.8, 4) is 0 Å². The van der Waals surface area contributed by atoms with E-state index in [9.17, 15) is 22.8 Å². The number of para-hydroxylation sites is 1. The van der Waals surface area contributed by atoms with Gasteiger partial charge in [0.2, 0.25) is 10.0 Å². The first-order valence-electron chi connectivity index (χ1n) is 13.1. The lowest BCUT2D eigenvalue weighted by Gasteiger charge is -2.29. The van der Waals surface area contributed by atoms with Crippen molar-refractivity contribution < 1.29 is 27.5 Å². The molecule has 15 heteroatoms. The number of amides is 3. The van der Waals surface area contributed by atoms with Gasteiger partial charge in [0, 0.05) is 57.7 Å². The summed E-state index contributed by atoms with van der Waals surface area (Å²) in [5.41, 5.74) is 1.34. The van der Waals surface area contributed by atoms with Crippen molar-refractivity contribution in [1.29, 1.82) is 0 Å². The number of anilines is 2. The first-order chi connectivity index (χ1) is 20.5. The van der Waals surface area contributed by atoms with Gasteiger partial charge in [-0.1, -0.05) is 47.5 Å². The minimum Gasteiger partial charge on any atom is -0.467 e. The largest absolute Gasteiger partial charge is 0.467 e. The zero-order valence-electron chi connectivity index (χ0n) is 23.3. The Morgan fingerprint density at radius 3 is 2.30 bits per heavy atom. The van der Waals surface area contributed by atoms with Crippen LogP contribution >= 0.6 is 23.2 Å². The zero-order valence-corrected chi connectivity index (χ0v) is 25.7. The first kappa shape index (κ1) is 32.2. The lowest BCUT2D eigenvalue weighted by molar-refractivity contribution is -0.142. The fourth-order valence-corrected chi connectivity index (χ4v) is 6.65. The summed E-state index contributed by atoms with van der Waals surface area (Å²) >= 11 is 12.1. The minimum absolute atomic E-state index is 0.0175. The number of piperazine rings is 1. The van der Waals surface area contributed by atoms with Crippen LogP contribution in [0.25, 0.3) is 0 Å². The summed E-state index contributed by atoms with van der Waals surface area (Å²) in [5, 5.41) is 8.67. The Morgan fingerprint density at radius 1 is 1.05 bits per heavy atom. The van der Waals surface area contributed by atoms with Gasteiger partial charge in [0.25, 0.3) is 5.91 Å². The second-order valence-electron chi connectivity index (χ2n) is 9.54. The number of esters is 1. The number of rotatable bonds is 9. The van der Waals surface area contributed by atoms with Gasteiger partial charge in [-0.15, -0.1) is 0 Å². The van der Waals surface area contributed by atoms with Gasteiger partial charge in [-0.25, -0.2) is 18.0 Å². The van der Waals surface area contributed by atoms with E-state index in [1.807, 2.05) is 0 Å². The molecule has 228 valence electrons. The number of pyridine rings is 1. The number of methoxy groups -OCH3 is 1. The molecule has 2 heterocycles. The van der Waals surface area contributed by atoms with Crippen LogP contribution in [0.3, 0.4) is 0 Å². The lowest BCUT2D eigenvalue weighted by Crippen LogP contribution is -2.49. The molecule has 1 saturated heterocycles. The maximum absolute atomic E-state index is 13.4. The molecule has 0 saturated carbocycles. The Bertz CT molecular complexity index is 1580. The molecule has 0 spiro atoms. The van der Waals surface area contributed by atoms with Crippen LogP contribution in [0.1, 0.15) is 15.9 Å². The highest BCUT2D eigenvalue weighted by Gasteiger charge is 2.31. The van der Waals surface area contributed by atoms with Crippen molar-refractivity contribution >= 4 is 62.5 Å². The molecule has 1 aromatic heterocycles. The number of benzene rings is 2. The summed E-state index contributed by atoms with van der Waals surface area (Å²) in [6.45, 7) is 1.67. The quantitative estimate of drug-likeness (QED) is 0.300. The number of carbonyl (C=O) groups is 3. The van der Waals surface area contributed by atoms with E-state index in [2.05, 4.69) is 20.9 Å². The molecule has 2 aromatic carbocycles. The van der Waals surface area contributed by atoms with Crippen LogP contribution in [-0.2, 0) is 26.0 Å². The predicted octanol–water partition coefficient (Wildman–Crippen LogP) is 3.16. The van der Waals surface area contributed by atoms with Crippen LogP contribution in [0.2, 0.25) is 10.0 Å². The van der Waals surface area contributed by atoms with Crippen LogP contribution < -0.4 is 20.9 Å². The molecular formula is C28H30Cl2N6O6S. The number of nitrogens with one attached hydrogen (secondary N) is 3. The van der Waals surface area contributed by atoms with E-state index in [4.69, 9.17) is 27.9 Å². The molecule has 1 unspecified atom stereocenters. The van der Waals surface area contributed by atoms with Gasteiger partial charge in [-0.3, -0.25) is 14.7 Å². The summed E-state index contributed by atoms with van der Waals surface area (Å²) in [5.74, 6) is -1.21. The van der Waals surface area contributed by atoms with Gasteiger partial charge in [-0.05, 0) is 29.8 Å². The third kappa shape index (κ3) is 7.61. The highest BCUT2D eigenvalue weighted by Crippen LogP contribution is 2.28. The van der Waals surface area contributed by atoms with Crippen molar-refractivity contribution in [2.75, 3.05) is 50.6 Å². The van der Waals surface area contributed by atoms with Gasteiger partial charge in [0.15, 0.2) is 0 Å². The van der Waals surface area contributed by atoms with Crippen LogP contribution in [0.15, 0.2) is 65.8 Å². The van der Waals surface area contributed by atoms with E-state index in [-0.39, 0.29) is 32.6 Å². The van der Waals surface area contributed by atoms with Gasteiger partial charge in [0.05, 0.1) is 28.4 Å². The molecule has 0 aliphatic carbocycles. The average Bonchev–Trinajstić information content (AvgIpc) is 3.01. The average molecular weight is 650 g/mol. The van der Waals surface area contributed by atoms with Crippen molar-refractivity contribution in [3.05, 3.63) is 82.1 Å². The van der Waals surface area contributed by atoms with Crippen molar-refractivity contribution in [2.45, 2.75) is 17.4 Å². The van der Waals surface area contributed by atoms with E-state index in [1.54, 1.807) is 36.4 Å². The fourth-order valence-electron chi connectivity index (χ4n) is 4.45. The number of urea groups is 1. The van der Waals surface area contributed by atoms with E-state index < -0.39 is 34.0 Å². The SMILES string of the molecule is COC(=O)C(Cc1ccc(NC(=O)c2c(Cl)cncc2Cl)cc1)NC(=O)N(C)c1ccccc1S(=O)(=O)N1CCNCC1. The van der Waals surface area contributed by atoms with Crippen LogP contribution in [0.5, 0.6) is 0 Å². The number of sulfonamides is 1. The Balaban J connectivity index is 1.47. The molecule has 1 aliphatic heterocycles. The first-order valence-corrected chi connectivity index (χ1v) is 15.3. The zero-order chi connectivity index (χ0) is 31.1. The van der Waals surface area contributed by atoms with Crippen LogP contribution in [-0.4, -0.2) is 82.0 Å². The second-order valence-corrected chi connectivity index (χ2v) is 12.3. The molecule has 0 radical (unpaired) electrons. The normalized spacial score (nSPS) is 14.4. The third-order valence-electron chi connectivity index (χ3n) is 6.74. The maximum atomic E-state index is 13.4. The number of aromatic nitrogens is 1. The highest BCUT2D eigenvalue weighted by molar-refractivity contribution is 7.89. The third-order valence-corrected chi connectivity index (χ3v) is 9.26. The molecule has 1 fully saturated rings. The summed E-state index contributed by atoms with van der Waals surface area (Å²) in [4.78, 5) is 43.6. The molecule has 1 aliphatic rings. The summed E-state index contributed by atoms with van der Waals surface area (Å²) in [6, 6.07) is 11.0. The lowest BCUT2D eigenvalue weighted by atomic mass is 10.1. The molecule has 3 amide bonds.